The van der Waals surface area contributed by atoms with Gasteiger partial charge in [-0.2, -0.15) is 5.26 Å². The number of unbranched alkanes of at least 4 members (excludes halogenated alkanes) is 2. The first-order valence-electron chi connectivity index (χ1n) is 5.98. The molecule has 0 bridgehead atoms. The minimum atomic E-state index is 0.350. The van der Waals surface area contributed by atoms with E-state index in [-0.39, 0.29) is 0 Å². The molecular formula is C12H23N3. The van der Waals surface area contributed by atoms with Crippen LogP contribution in [0.3, 0.4) is 0 Å². The van der Waals surface area contributed by atoms with E-state index >= 15 is 0 Å². The summed E-state index contributed by atoms with van der Waals surface area (Å²) in [4.78, 5) is 2.52. The van der Waals surface area contributed by atoms with Crippen molar-refractivity contribution < 1.29 is 0 Å². The molecule has 1 fully saturated rings. The number of piperidine rings is 1. The summed E-state index contributed by atoms with van der Waals surface area (Å²) in [6, 6.07) is 2.20. The van der Waals surface area contributed by atoms with E-state index in [4.69, 9.17) is 5.26 Å². The summed E-state index contributed by atoms with van der Waals surface area (Å²) in [5.41, 5.74) is 0.350. The summed E-state index contributed by atoms with van der Waals surface area (Å²) in [7, 11) is 2.06. The molecule has 3 heteroatoms. The third-order valence-electron chi connectivity index (χ3n) is 3.58. The molecular weight excluding hydrogens is 186 g/mol. The van der Waals surface area contributed by atoms with Gasteiger partial charge in [-0.1, -0.05) is 0 Å². The number of likely N-dealkylation sites (tertiary alicyclic amines) is 1. The standard InChI is InChI=1S/C12H23N3/c1-12(14-2)6-10-15(11-7-12)9-5-3-4-8-13/h14H,3-7,9-11H2,1-2H3. The summed E-state index contributed by atoms with van der Waals surface area (Å²) in [5, 5.41) is 11.8. The maximum Gasteiger partial charge on any atom is 0.0621 e. The molecule has 0 radical (unpaired) electrons. The van der Waals surface area contributed by atoms with Gasteiger partial charge in [-0.05, 0) is 59.3 Å². The number of nitrogens with one attached hydrogen (secondary N) is 1. The van der Waals surface area contributed by atoms with Crippen LogP contribution in [0.5, 0.6) is 0 Å². The molecule has 0 aromatic rings. The van der Waals surface area contributed by atoms with E-state index in [2.05, 4.69) is 30.3 Å². The van der Waals surface area contributed by atoms with Gasteiger partial charge in [0.15, 0.2) is 0 Å². The Kier molecular flexibility index (Phi) is 5.07. The highest BCUT2D eigenvalue weighted by Crippen LogP contribution is 2.21. The minimum absolute atomic E-state index is 0.350. The van der Waals surface area contributed by atoms with Crippen LogP contribution in [0, 0.1) is 11.3 Å². The topological polar surface area (TPSA) is 39.1 Å². The lowest BCUT2D eigenvalue weighted by Gasteiger charge is -2.39. The van der Waals surface area contributed by atoms with Gasteiger partial charge in [0.1, 0.15) is 0 Å². The minimum Gasteiger partial charge on any atom is -0.314 e. The molecule has 1 aliphatic heterocycles. The van der Waals surface area contributed by atoms with E-state index in [1.54, 1.807) is 0 Å². The maximum absolute atomic E-state index is 8.43. The molecule has 3 nitrogen and oxygen atoms in total. The molecule has 0 atom stereocenters. The summed E-state index contributed by atoms with van der Waals surface area (Å²) in [6.07, 6.45) is 5.41. The van der Waals surface area contributed by atoms with Crippen molar-refractivity contribution in [3.63, 3.8) is 0 Å². The van der Waals surface area contributed by atoms with Crippen LogP contribution in [0.1, 0.15) is 39.0 Å². The Labute approximate surface area is 93.5 Å². The molecule has 1 heterocycles. The average molecular weight is 209 g/mol. The third kappa shape index (κ3) is 4.19. The van der Waals surface area contributed by atoms with Gasteiger partial charge < -0.3 is 10.2 Å². The summed E-state index contributed by atoms with van der Waals surface area (Å²) in [5.74, 6) is 0. The number of hydrogen-bond donors (Lipinski definition) is 1. The summed E-state index contributed by atoms with van der Waals surface area (Å²) < 4.78 is 0. The van der Waals surface area contributed by atoms with Gasteiger partial charge in [-0.25, -0.2) is 0 Å². The quantitative estimate of drug-likeness (QED) is 0.701. The number of nitrogens with zero attached hydrogens (tertiary/aromatic N) is 2. The molecule has 0 aromatic heterocycles. The van der Waals surface area contributed by atoms with E-state index in [1.165, 1.54) is 38.9 Å². The second-order valence-electron chi connectivity index (χ2n) is 4.77. The van der Waals surface area contributed by atoms with Crippen LogP contribution >= 0.6 is 0 Å². The predicted molar refractivity (Wildman–Crippen MR) is 62.6 cm³/mol. The van der Waals surface area contributed by atoms with Crippen LogP contribution in [-0.2, 0) is 0 Å². The molecule has 0 aromatic carbocycles. The molecule has 15 heavy (non-hydrogen) atoms. The molecule has 1 N–H and O–H groups in total. The monoisotopic (exact) mass is 209 g/mol. The summed E-state index contributed by atoms with van der Waals surface area (Å²) in [6.45, 7) is 5.87. The lowest BCUT2D eigenvalue weighted by atomic mass is 9.90. The zero-order valence-electron chi connectivity index (χ0n) is 10.1. The Morgan fingerprint density at radius 2 is 2.00 bits per heavy atom. The molecule has 0 aliphatic carbocycles. The van der Waals surface area contributed by atoms with Gasteiger partial charge in [0.2, 0.25) is 0 Å². The van der Waals surface area contributed by atoms with Crippen LogP contribution < -0.4 is 5.32 Å². The van der Waals surface area contributed by atoms with Crippen molar-refractivity contribution in [2.24, 2.45) is 0 Å². The molecule has 0 unspecified atom stereocenters. The van der Waals surface area contributed by atoms with Crippen molar-refractivity contribution in [2.75, 3.05) is 26.7 Å². The van der Waals surface area contributed by atoms with Crippen LogP contribution in [0.4, 0.5) is 0 Å². The van der Waals surface area contributed by atoms with Crippen molar-refractivity contribution >= 4 is 0 Å². The van der Waals surface area contributed by atoms with Gasteiger partial charge >= 0.3 is 0 Å². The molecule has 0 spiro atoms. The zero-order chi connectivity index (χ0) is 11.1. The van der Waals surface area contributed by atoms with Gasteiger partial charge in [0, 0.05) is 12.0 Å². The van der Waals surface area contributed by atoms with E-state index in [0.717, 1.165) is 6.42 Å². The van der Waals surface area contributed by atoms with Crippen LogP contribution in [-0.4, -0.2) is 37.1 Å². The van der Waals surface area contributed by atoms with Crippen molar-refractivity contribution in [1.29, 1.82) is 5.26 Å². The maximum atomic E-state index is 8.43. The zero-order valence-corrected chi connectivity index (χ0v) is 10.1. The molecule has 86 valence electrons. The van der Waals surface area contributed by atoms with Gasteiger partial charge in [-0.3, -0.25) is 0 Å². The molecule has 1 saturated heterocycles. The Hall–Kier alpha value is -0.590. The fourth-order valence-corrected chi connectivity index (χ4v) is 2.06. The van der Waals surface area contributed by atoms with E-state index in [0.29, 0.717) is 12.0 Å². The van der Waals surface area contributed by atoms with Crippen LogP contribution in [0.2, 0.25) is 0 Å². The first-order chi connectivity index (χ1) is 7.20. The number of hydrogen-bond acceptors (Lipinski definition) is 3. The highest BCUT2D eigenvalue weighted by Gasteiger charge is 2.27. The highest BCUT2D eigenvalue weighted by molar-refractivity contribution is 4.88. The van der Waals surface area contributed by atoms with Crippen LogP contribution in [0.15, 0.2) is 0 Å². The largest absolute Gasteiger partial charge is 0.314 e. The molecule has 1 rings (SSSR count). The second kappa shape index (κ2) is 6.09. The van der Waals surface area contributed by atoms with Gasteiger partial charge in [0.05, 0.1) is 6.07 Å². The van der Waals surface area contributed by atoms with E-state index < -0.39 is 0 Å². The molecule has 0 saturated carbocycles. The Morgan fingerprint density at radius 1 is 1.33 bits per heavy atom. The Morgan fingerprint density at radius 3 is 2.53 bits per heavy atom. The first kappa shape index (κ1) is 12.5. The van der Waals surface area contributed by atoms with Crippen molar-refractivity contribution in [1.82, 2.24) is 10.2 Å². The van der Waals surface area contributed by atoms with Crippen LogP contribution in [0.25, 0.3) is 0 Å². The summed E-state index contributed by atoms with van der Waals surface area (Å²) >= 11 is 0. The molecule has 1 aliphatic rings. The highest BCUT2D eigenvalue weighted by atomic mass is 15.1. The fourth-order valence-electron chi connectivity index (χ4n) is 2.06. The molecule has 0 amide bonds. The van der Waals surface area contributed by atoms with Crippen molar-refractivity contribution in [3.05, 3.63) is 0 Å². The average Bonchev–Trinajstić information content (AvgIpc) is 2.27. The Bertz CT molecular complexity index is 211. The van der Waals surface area contributed by atoms with E-state index in [1.807, 2.05) is 0 Å². The SMILES string of the molecule is CNC1(C)CCN(CCCCC#N)CC1. The third-order valence-corrected chi connectivity index (χ3v) is 3.58. The van der Waals surface area contributed by atoms with Gasteiger partial charge in [-0.15, -0.1) is 0 Å². The number of rotatable bonds is 5. The van der Waals surface area contributed by atoms with Crippen molar-refractivity contribution in [3.8, 4) is 6.07 Å². The number of nitriles is 1. The predicted octanol–water partition coefficient (Wildman–Crippen LogP) is 1.75. The lowest BCUT2D eigenvalue weighted by molar-refractivity contribution is 0.150. The van der Waals surface area contributed by atoms with Gasteiger partial charge in [0.25, 0.3) is 0 Å². The first-order valence-corrected chi connectivity index (χ1v) is 5.98. The Balaban J connectivity index is 2.13. The second-order valence-corrected chi connectivity index (χ2v) is 4.77. The van der Waals surface area contributed by atoms with E-state index in [9.17, 15) is 0 Å². The normalized spacial score (nSPS) is 21.1. The fraction of sp³-hybridized carbons (Fsp3) is 0.917. The lowest BCUT2D eigenvalue weighted by Crippen LogP contribution is -2.50. The van der Waals surface area contributed by atoms with Crippen molar-refractivity contribution in [2.45, 2.75) is 44.6 Å². The smallest absolute Gasteiger partial charge is 0.0621 e.